The fraction of sp³-hybridized carbons (Fsp3) is 0.500. The summed E-state index contributed by atoms with van der Waals surface area (Å²) < 4.78 is 4.84. The van der Waals surface area contributed by atoms with E-state index in [-0.39, 0.29) is 5.60 Å². The summed E-state index contributed by atoms with van der Waals surface area (Å²) in [5, 5.41) is 0. The van der Waals surface area contributed by atoms with Crippen LogP contribution < -0.4 is 4.74 Å². The van der Waals surface area contributed by atoms with Crippen molar-refractivity contribution in [2.75, 3.05) is 0 Å². The Morgan fingerprint density at radius 3 is 1.73 bits per heavy atom. The molecule has 0 aliphatic rings. The van der Waals surface area contributed by atoms with Crippen LogP contribution in [-0.4, -0.2) is 5.60 Å². The molecule has 3 heteroatoms. The van der Waals surface area contributed by atoms with Gasteiger partial charge in [0.25, 0.3) is 0 Å². The van der Waals surface area contributed by atoms with E-state index >= 15 is 0 Å². The summed E-state index contributed by atoms with van der Waals surface area (Å²) in [5.41, 5.74) is 0.680. The van der Waals surface area contributed by atoms with Crippen molar-refractivity contribution in [1.29, 1.82) is 0 Å². The Kier molecular flexibility index (Phi) is 3.57. The first-order valence-corrected chi connectivity index (χ1v) is 5.61. The fourth-order valence-electron chi connectivity index (χ4n) is 1.17. The van der Waals surface area contributed by atoms with Crippen molar-refractivity contribution in [3.63, 3.8) is 0 Å². The number of benzene rings is 1. The van der Waals surface area contributed by atoms with Gasteiger partial charge in [0.1, 0.15) is 15.7 Å². The summed E-state index contributed by atoms with van der Waals surface area (Å²) in [7, 11) is 0. The van der Waals surface area contributed by atoms with Gasteiger partial charge in [0.2, 0.25) is 0 Å². The van der Waals surface area contributed by atoms with Crippen molar-refractivity contribution >= 4 is 23.2 Å². The molecule has 0 bridgehead atoms. The van der Waals surface area contributed by atoms with Crippen LogP contribution in [0.25, 0.3) is 0 Å². The molecule has 84 valence electrons. The first-order valence-electron chi connectivity index (χ1n) is 4.86. The molecule has 0 aliphatic carbocycles. The van der Waals surface area contributed by atoms with Gasteiger partial charge in [-0.2, -0.15) is 0 Å². The molecule has 0 aliphatic heterocycles. The Balaban J connectivity index is 2.82. The lowest BCUT2D eigenvalue weighted by Crippen LogP contribution is -2.22. The Bertz CT molecular complexity index is 317. The van der Waals surface area contributed by atoms with Crippen molar-refractivity contribution in [1.82, 2.24) is 0 Å². The molecule has 0 aromatic heterocycles. The van der Waals surface area contributed by atoms with Crippen LogP contribution in [0.1, 0.15) is 33.3 Å². The zero-order chi connectivity index (χ0) is 11.7. The van der Waals surface area contributed by atoms with Gasteiger partial charge >= 0.3 is 0 Å². The first-order chi connectivity index (χ1) is 6.68. The summed E-state index contributed by atoms with van der Waals surface area (Å²) in [6.45, 7) is 7.77. The molecule has 1 aromatic rings. The van der Waals surface area contributed by atoms with Crippen LogP contribution in [0.5, 0.6) is 5.75 Å². The third kappa shape index (κ3) is 4.31. The van der Waals surface area contributed by atoms with E-state index in [2.05, 4.69) is 0 Å². The minimum atomic E-state index is -0.847. The van der Waals surface area contributed by atoms with Crippen molar-refractivity contribution in [3.8, 4) is 5.75 Å². The average molecular weight is 247 g/mol. The molecule has 0 unspecified atom stereocenters. The van der Waals surface area contributed by atoms with Crippen molar-refractivity contribution in [2.45, 2.75) is 37.6 Å². The zero-order valence-electron chi connectivity index (χ0n) is 9.47. The van der Waals surface area contributed by atoms with Gasteiger partial charge in [-0.3, -0.25) is 0 Å². The lowest BCUT2D eigenvalue weighted by atomic mass is 10.1. The molecular weight excluding hydrogens is 231 g/mol. The van der Waals surface area contributed by atoms with Gasteiger partial charge in [-0.05, 0) is 45.4 Å². The van der Waals surface area contributed by atoms with E-state index in [0.717, 1.165) is 11.3 Å². The van der Waals surface area contributed by atoms with E-state index in [1.807, 2.05) is 45.0 Å². The number of ether oxygens (including phenoxy) is 1. The average Bonchev–Trinajstić information content (AvgIpc) is 2.00. The standard InChI is InChI=1S/C12H16Cl2O/c1-11(2,3)15-10-7-5-9(6-8-10)12(4,13)14/h5-8H,1-4H3. The molecule has 0 N–H and O–H groups in total. The number of halogens is 2. The highest BCUT2D eigenvalue weighted by Crippen LogP contribution is 2.34. The quantitative estimate of drug-likeness (QED) is 0.698. The number of rotatable bonds is 2. The van der Waals surface area contributed by atoms with Crippen molar-refractivity contribution in [2.24, 2.45) is 0 Å². The summed E-state index contributed by atoms with van der Waals surface area (Å²) in [6.07, 6.45) is 0. The lowest BCUT2D eigenvalue weighted by molar-refractivity contribution is 0.131. The lowest BCUT2D eigenvalue weighted by Gasteiger charge is -2.22. The van der Waals surface area contributed by atoms with Crippen LogP contribution in [0, 0.1) is 0 Å². The van der Waals surface area contributed by atoms with E-state index < -0.39 is 4.33 Å². The molecule has 0 saturated heterocycles. The van der Waals surface area contributed by atoms with Gasteiger partial charge in [-0.15, -0.1) is 0 Å². The van der Waals surface area contributed by atoms with Gasteiger partial charge in [-0.25, -0.2) is 0 Å². The first kappa shape index (κ1) is 12.7. The third-order valence-electron chi connectivity index (χ3n) is 1.79. The summed E-state index contributed by atoms with van der Waals surface area (Å²) in [4.78, 5) is 0. The third-order valence-corrected chi connectivity index (χ3v) is 2.22. The molecule has 0 atom stereocenters. The number of hydrogen-bond donors (Lipinski definition) is 0. The SMILES string of the molecule is CC(C)(C)Oc1ccc(C(C)(Cl)Cl)cc1. The summed E-state index contributed by atoms with van der Waals surface area (Å²) in [5.74, 6) is 0.823. The minimum absolute atomic E-state index is 0.188. The van der Waals surface area contributed by atoms with Crippen LogP contribution in [-0.2, 0) is 4.33 Å². The molecule has 0 spiro atoms. The Morgan fingerprint density at radius 1 is 0.933 bits per heavy atom. The summed E-state index contributed by atoms with van der Waals surface area (Å²) in [6, 6.07) is 7.51. The smallest absolute Gasteiger partial charge is 0.140 e. The predicted molar refractivity (Wildman–Crippen MR) is 65.9 cm³/mol. The molecule has 15 heavy (non-hydrogen) atoms. The number of hydrogen-bond acceptors (Lipinski definition) is 1. The largest absolute Gasteiger partial charge is 0.488 e. The molecule has 1 rings (SSSR count). The maximum atomic E-state index is 5.97. The molecular formula is C12H16Cl2O. The number of alkyl halides is 2. The fourth-order valence-corrected chi connectivity index (χ4v) is 1.42. The normalized spacial score (nSPS) is 12.7. The second kappa shape index (κ2) is 4.23. The van der Waals surface area contributed by atoms with Gasteiger partial charge in [0.05, 0.1) is 0 Å². The maximum Gasteiger partial charge on any atom is 0.140 e. The maximum absolute atomic E-state index is 5.97. The molecule has 0 fully saturated rings. The van der Waals surface area contributed by atoms with Gasteiger partial charge in [0, 0.05) is 0 Å². The highest BCUT2D eigenvalue weighted by Gasteiger charge is 2.19. The highest BCUT2D eigenvalue weighted by molar-refractivity contribution is 6.47. The van der Waals surface area contributed by atoms with Crippen LogP contribution >= 0.6 is 23.2 Å². The van der Waals surface area contributed by atoms with E-state index in [0.29, 0.717) is 0 Å². The molecule has 1 aromatic carbocycles. The summed E-state index contributed by atoms with van der Waals surface area (Å²) >= 11 is 11.9. The van der Waals surface area contributed by atoms with E-state index in [9.17, 15) is 0 Å². The molecule has 0 amide bonds. The highest BCUT2D eigenvalue weighted by atomic mass is 35.5. The second-order valence-electron chi connectivity index (χ2n) is 4.63. The van der Waals surface area contributed by atoms with Gasteiger partial charge in [0.15, 0.2) is 0 Å². The van der Waals surface area contributed by atoms with Crippen molar-refractivity contribution in [3.05, 3.63) is 29.8 Å². The Hall–Kier alpha value is -0.400. The second-order valence-corrected chi connectivity index (χ2v) is 6.33. The minimum Gasteiger partial charge on any atom is -0.488 e. The monoisotopic (exact) mass is 246 g/mol. The molecule has 0 saturated carbocycles. The van der Waals surface area contributed by atoms with E-state index in [1.54, 1.807) is 6.92 Å². The van der Waals surface area contributed by atoms with Crippen LogP contribution in [0.15, 0.2) is 24.3 Å². The van der Waals surface area contributed by atoms with E-state index in [1.165, 1.54) is 0 Å². The molecule has 0 heterocycles. The van der Waals surface area contributed by atoms with Gasteiger partial charge in [-0.1, -0.05) is 35.3 Å². The topological polar surface area (TPSA) is 9.23 Å². The van der Waals surface area contributed by atoms with E-state index in [4.69, 9.17) is 27.9 Å². The van der Waals surface area contributed by atoms with Crippen LogP contribution in [0.3, 0.4) is 0 Å². The Labute approximate surface area is 101 Å². The zero-order valence-corrected chi connectivity index (χ0v) is 11.0. The molecule has 0 radical (unpaired) electrons. The molecule has 1 nitrogen and oxygen atoms in total. The van der Waals surface area contributed by atoms with Crippen molar-refractivity contribution < 1.29 is 4.74 Å². The van der Waals surface area contributed by atoms with Crippen LogP contribution in [0.4, 0.5) is 0 Å². The predicted octanol–water partition coefficient (Wildman–Crippen LogP) is 4.51. The van der Waals surface area contributed by atoms with Gasteiger partial charge < -0.3 is 4.74 Å². The Morgan fingerprint density at radius 2 is 1.40 bits per heavy atom. The van der Waals surface area contributed by atoms with Crippen LogP contribution in [0.2, 0.25) is 0 Å².